The number of nitrogens with one attached hydrogen (secondary N) is 1. The predicted octanol–water partition coefficient (Wildman–Crippen LogP) is 5.35. The molecule has 29 heavy (non-hydrogen) atoms. The van der Waals surface area contributed by atoms with Crippen molar-refractivity contribution in [1.29, 1.82) is 0 Å². The van der Waals surface area contributed by atoms with Gasteiger partial charge in [0.05, 0.1) is 25.0 Å². The second-order valence-electron chi connectivity index (χ2n) is 7.11. The molecular weight excluding hydrogens is 481 g/mol. The Hall–Kier alpha value is -1.22. The summed E-state index contributed by atoms with van der Waals surface area (Å²) in [6.45, 7) is 6.68. The van der Waals surface area contributed by atoms with Gasteiger partial charge in [-0.25, -0.2) is 0 Å². The number of unbranched alkanes of at least 4 members (excludes halogenated alkanes) is 2. The van der Waals surface area contributed by atoms with Crippen LogP contribution < -0.4 is 20.5 Å². The molecule has 1 fully saturated rings. The highest BCUT2D eigenvalue weighted by atomic mass is 127. The number of hydrogen-bond acceptors (Lipinski definition) is 4. The van der Waals surface area contributed by atoms with Crippen molar-refractivity contribution < 1.29 is 14.2 Å². The van der Waals surface area contributed by atoms with E-state index in [0.29, 0.717) is 31.8 Å². The number of anilines is 1. The summed E-state index contributed by atoms with van der Waals surface area (Å²) in [6, 6.07) is 5.66. The molecule has 1 aromatic carbocycles. The summed E-state index contributed by atoms with van der Waals surface area (Å²) < 4.78 is 17.2. The van der Waals surface area contributed by atoms with Gasteiger partial charge in [-0.3, -0.25) is 4.99 Å². The molecule has 0 heterocycles. The maximum Gasteiger partial charge on any atom is 0.193 e. The maximum absolute atomic E-state index is 6.05. The smallest absolute Gasteiger partial charge is 0.193 e. The molecule has 0 aromatic heterocycles. The van der Waals surface area contributed by atoms with Gasteiger partial charge in [0.25, 0.3) is 0 Å². The van der Waals surface area contributed by atoms with Gasteiger partial charge >= 0.3 is 0 Å². The molecule has 0 saturated heterocycles. The van der Waals surface area contributed by atoms with E-state index in [1.54, 1.807) is 0 Å². The number of hydrogen-bond donors (Lipinski definition) is 2. The zero-order valence-corrected chi connectivity index (χ0v) is 20.3. The highest BCUT2D eigenvalue weighted by Gasteiger charge is 2.12. The number of halogens is 1. The molecule has 0 atom stereocenters. The molecule has 2 rings (SSSR count). The van der Waals surface area contributed by atoms with Crippen molar-refractivity contribution in [2.45, 2.75) is 71.3 Å². The lowest BCUT2D eigenvalue weighted by Crippen LogP contribution is -2.23. The normalized spacial score (nSPS) is 14.9. The predicted molar refractivity (Wildman–Crippen MR) is 131 cm³/mol. The molecule has 6 nitrogen and oxygen atoms in total. The van der Waals surface area contributed by atoms with Gasteiger partial charge in [0.2, 0.25) is 0 Å². The van der Waals surface area contributed by atoms with Crippen LogP contribution in [0.2, 0.25) is 0 Å². The van der Waals surface area contributed by atoms with E-state index in [9.17, 15) is 0 Å². The molecule has 1 aliphatic carbocycles. The molecule has 0 bridgehead atoms. The number of aliphatic imine (C=N–C) groups is 1. The molecule has 0 spiro atoms. The summed E-state index contributed by atoms with van der Waals surface area (Å²) in [5, 5.41) is 3.14. The maximum atomic E-state index is 6.05. The molecule has 1 aromatic rings. The largest absolute Gasteiger partial charge is 0.494 e. The van der Waals surface area contributed by atoms with Crippen LogP contribution in [0.1, 0.15) is 65.2 Å². The van der Waals surface area contributed by atoms with Gasteiger partial charge < -0.3 is 25.3 Å². The van der Waals surface area contributed by atoms with Crippen LogP contribution in [0.25, 0.3) is 0 Å². The highest BCUT2D eigenvalue weighted by molar-refractivity contribution is 14.0. The number of ether oxygens (including phenoxy) is 3. The van der Waals surface area contributed by atoms with Crippen LogP contribution in [0, 0.1) is 0 Å². The monoisotopic (exact) mass is 519 g/mol. The molecule has 166 valence electrons. The average Bonchev–Trinajstić information content (AvgIpc) is 2.70. The Morgan fingerprint density at radius 2 is 1.83 bits per heavy atom. The molecule has 0 unspecified atom stereocenters. The Kier molecular flexibility index (Phi) is 13.9. The lowest BCUT2D eigenvalue weighted by Gasteiger charge is -2.21. The fourth-order valence-electron chi connectivity index (χ4n) is 3.39. The Morgan fingerprint density at radius 3 is 2.55 bits per heavy atom. The van der Waals surface area contributed by atoms with Gasteiger partial charge in [0.15, 0.2) is 5.96 Å². The lowest BCUT2D eigenvalue weighted by molar-refractivity contribution is 0.0264. The van der Waals surface area contributed by atoms with E-state index in [-0.39, 0.29) is 24.0 Å². The standard InChI is InChI=1S/C22H37N3O3.HI/c1-3-26-19-13-14-21(27-4-2)20(17-19)25-22(23)24-15-9-6-10-16-28-18-11-7-5-8-12-18;/h13-14,17-18H,3-12,15-16H2,1-2H3,(H3,23,24,25);1H. The molecule has 1 saturated carbocycles. The van der Waals surface area contributed by atoms with E-state index >= 15 is 0 Å². The first-order valence-electron chi connectivity index (χ1n) is 10.8. The SMILES string of the molecule is CCOc1ccc(OCC)c(NC(N)=NCCCCCOC2CCCCC2)c1.I. The Morgan fingerprint density at radius 1 is 1.07 bits per heavy atom. The summed E-state index contributed by atoms with van der Waals surface area (Å²) in [4.78, 5) is 4.43. The summed E-state index contributed by atoms with van der Waals surface area (Å²) >= 11 is 0. The fourth-order valence-corrected chi connectivity index (χ4v) is 3.39. The minimum Gasteiger partial charge on any atom is -0.494 e. The van der Waals surface area contributed by atoms with Crippen molar-refractivity contribution >= 4 is 35.6 Å². The number of benzene rings is 1. The minimum absolute atomic E-state index is 0. The van der Waals surface area contributed by atoms with Gasteiger partial charge in [-0.2, -0.15) is 0 Å². The van der Waals surface area contributed by atoms with Crippen LogP contribution in [0.4, 0.5) is 5.69 Å². The van der Waals surface area contributed by atoms with Crippen molar-refractivity contribution in [3.05, 3.63) is 18.2 Å². The van der Waals surface area contributed by atoms with Crippen molar-refractivity contribution in [1.82, 2.24) is 0 Å². The quantitative estimate of drug-likeness (QED) is 0.169. The summed E-state index contributed by atoms with van der Waals surface area (Å²) in [6.07, 6.45) is 10.2. The minimum atomic E-state index is 0. The van der Waals surface area contributed by atoms with Crippen LogP contribution >= 0.6 is 24.0 Å². The van der Waals surface area contributed by atoms with Crippen molar-refractivity contribution in [3.63, 3.8) is 0 Å². The van der Waals surface area contributed by atoms with E-state index in [1.165, 1.54) is 32.1 Å². The van der Waals surface area contributed by atoms with Crippen LogP contribution in [0.5, 0.6) is 11.5 Å². The third-order valence-electron chi connectivity index (χ3n) is 4.81. The number of nitrogens with two attached hydrogens (primary N) is 1. The summed E-state index contributed by atoms with van der Waals surface area (Å²) in [5.41, 5.74) is 6.82. The van der Waals surface area contributed by atoms with Crippen LogP contribution in [0.3, 0.4) is 0 Å². The Balaban J connectivity index is 0.00000420. The van der Waals surface area contributed by atoms with Crippen molar-refractivity contribution in [2.24, 2.45) is 10.7 Å². The average molecular weight is 519 g/mol. The molecule has 0 aliphatic heterocycles. The third-order valence-corrected chi connectivity index (χ3v) is 4.81. The molecule has 0 amide bonds. The fraction of sp³-hybridized carbons (Fsp3) is 0.682. The Labute approximate surface area is 193 Å². The summed E-state index contributed by atoms with van der Waals surface area (Å²) in [5.74, 6) is 1.91. The van der Waals surface area contributed by atoms with Gasteiger partial charge in [-0.1, -0.05) is 19.3 Å². The van der Waals surface area contributed by atoms with E-state index in [4.69, 9.17) is 19.9 Å². The lowest BCUT2D eigenvalue weighted by atomic mass is 9.98. The van der Waals surface area contributed by atoms with Gasteiger partial charge in [-0.15, -0.1) is 24.0 Å². The number of guanidine groups is 1. The molecule has 3 N–H and O–H groups in total. The van der Waals surface area contributed by atoms with E-state index < -0.39 is 0 Å². The molecule has 1 aliphatic rings. The molecule has 7 heteroatoms. The van der Waals surface area contributed by atoms with Crippen molar-refractivity contribution in [2.75, 3.05) is 31.7 Å². The van der Waals surface area contributed by atoms with E-state index in [1.807, 2.05) is 32.0 Å². The zero-order chi connectivity index (χ0) is 20.0. The summed E-state index contributed by atoms with van der Waals surface area (Å²) in [7, 11) is 0. The van der Waals surface area contributed by atoms with E-state index in [0.717, 1.165) is 43.1 Å². The number of rotatable bonds is 12. The Bertz CT molecular complexity index is 593. The van der Waals surface area contributed by atoms with Crippen LogP contribution in [-0.4, -0.2) is 38.4 Å². The zero-order valence-electron chi connectivity index (χ0n) is 18.0. The van der Waals surface area contributed by atoms with Crippen molar-refractivity contribution in [3.8, 4) is 11.5 Å². The topological polar surface area (TPSA) is 78.1 Å². The van der Waals surface area contributed by atoms with Crippen LogP contribution in [0.15, 0.2) is 23.2 Å². The number of nitrogens with zero attached hydrogens (tertiary/aromatic N) is 1. The second kappa shape index (κ2) is 15.6. The van der Waals surface area contributed by atoms with Gasteiger partial charge in [0.1, 0.15) is 11.5 Å². The second-order valence-corrected chi connectivity index (χ2v) is 7.11. The van der Waals surface area contributed by atoms with Gasteiger partial charge in [0, 0.05) is 19.2 Å². The molecular formula is C22H38IN3O3. The first-order chi connectivity index (χ1) is 13.7. The highest BCUT2D eigenvalue weighted by Crippen LogP contribution is 2.29. The molecule has 0 radical (unpaired) electrons. The first kappa shape index (κ1) is 25.8. The van der Waals surface area contributed by atoms with E-state index in [2.05, 4.69) is 10.3 Å². The third kappa shape index (κ3) is 10.4. The first-order valence-corrected chi connectivity index (χ1v) is 10.8. The van der Waals surface area contributed by atoms with Crippen LogP contribution in [-0.2, 0) is 4.74 Å². The van der Waals surface area contributed by atoms with Gasteiger partial charge in [-0.05, 0) is 58.1 Å².